The van der Waals surface area contributed by atoms with Crippen LogP contribution in [0.15, 0.2) is 121 Å². The molecule has 6 aromatic rings. The molecule has 0 bridgehead atoms. The second-order valence-electron chi connectivity index (χ2n) is 12.6. The average Bonchev–Trinajstić information content (AvgIpc) is 3.34. The zero-order valence-corrected chi connectivity index (χ0v) is 25.1. The minimum Gasteiger partial charge on any atom is -0.492 e. The van der Waals surface area contributed by atoms with Gasteiger partial charge in [0.05, 0.1) is 45.1 Å². The van der Waals surface area contributed by atoms with Gasteiger partial charge in [0, 0.05) is 22.6 Å². The van der Waals surface area contributed by atoms with Crippen molar-refractivity contribution < 1.29 is 18.9 Å². The molecule has 2 aliphatic heterocycles. The Morgan fingerprint density at radius 2 is 0.844 bits per heavy atom. The van der Waals surface area contributed by atoms with Crippen LogP contribution in [0, 0.1) is 11.8 Å². The van der Waals surface area contributed by atoms with Gasteiger partial charge in [-0.25, -0.2) is 0 Å². The second-order valence-corrected chi connectivity index (χ2v) is 12.6. The van der Waals surface area contributed by atoms with Crippen molar-refractivity contribution in [2.75, 3.05) is 39.6 Å². The molecule has 9 rings (SSSR count). The highest BCUT2D eigenvalue weighted by Crippen LogP contribution is 2.58. The molecule has 0 unspecified atom stereocenters. The van der Waals surface area contributed by atoms with E-state index in [9.17, 15) is 0 Å². The van der Waals surface area contributed by atoms with E-state index in [0.717, 1.165) is 48.7 Å². The van der Waals surface area contributed by atoms with E-state index in [2.05, 4.69) is 121 Å². The normalized spacial score (nSPS) is 17.0. The second kappa shape index (κ2) is 10.8. The summed E-state index contributed by atoms with van der Waals surface area (Å²) in [6, 6.07) is 44.3. The van der Waals surface area contributed by atoms with E-state index in [0.29, 0.717) is 25.0 Å². The summed E-state index contributed by atoms with van der Waals surface area (Å²) in [6.07, 6.45) is 0. The zero-order valence-electron chi connectivity index (χ0n) is 25.1. The number of fused-ring (bicyclic) bond motifs is 5. The molecule has 2 saturated heterocycles. The van der Waals surface area contributed by atoms with Gasteiger partial charge < -0.3 is 18.9 Å². The van der Waals surface area contributed by atoms with E-state index in [1.54, 1.807) is 0 Å². The Labute approximate surface area is 263 Å². The van der Waals surface area contributed by atoms with Gasteiger partial charge in [0.1, 0.15) is 11.5 Å². The lowest BCUT2D eigenvalue weighted by molar-refractivity contribution is -0.0507. The van der Waals surface area contributed by atoms with Crippen LogP contribution >= 0.6 is 0 Å². The first-order valence-corrected chi connectivity index (χ1v) is 16.0. The van der Waals surface area contributed by atoms with Gasteiger partial charge in [0.15, 0.2) is 0 Å². The van der Waals surface area contributed by atoms with E-state index < -0.39 is 5.41 Å². The highest BCUT2D eigenvalue weighted by Gasteiger charge is 2.47. The van der Waals surface area contributed by atoms with Crippen molar-refractivity contribution in [3.8, 4) is 22.6 Å². The van der Waals surface area contributed by atoms with Crippen LogP contribution in [0.5, 0.6) is 11.5 Å². The lowest BCUT2D eigenvalue weighted by atomic mass is 9.65. The first-order valence-electron chi connectivity index (χ1n) is 16.0. The molecule has 0 saturated carbocycles. The molecular weight excluding hydrogens is 556 g/mol. The molecule has 0 amide bonds. The van der Waals surface area contributed by atoms with E-state index in [-0.39, 0.29) is 0 Å². The van der Waals surface area contributed by atoms with Crippen molar-refractivity contribution in [1.82, 2.24) is 0 Å². The fourth-order valence-electron chi connectivity index (χ4n) is 7.61. The molecule has 0 N–H and O–H groups in total. The van der Waals surface area contributed by atoms with Gasteiger partial charge >= 0.3 is 0 Å². The molecule has 0 radical (unpaired) electrons. The molecule has 2 fully saturated rings. The van der Waals surface area contributed by atoms with Crippen LogP contribution in [0.2, 0.25) is 0 Å². The lowest BCUT2D eigenvalue weighted by Crippen LogP contribution is -2.32. The van der Waals surface area contributed by atoms with Crippen molar-refractivity contribution in [2.45, 2.75) is 5.41 Å². The van der Waals surface area contributed by atoms with Gasteiger partial charge in [-0.15, -0.1) is 0 Å². The Kier molecular flexibility index (Phi) is 6.39. The highest BCUT2D eigenvalue weighted by molar-refractivity contribution is 6.00. The Balaban J connectivity index is 1.32. The predicted molar refractivity (Wildman–Crippen MR) is 178 cm³/mol. The van der Waals surface area contributed by atoms with Crippen molar-refractivity contribution in [3.63, 3.8) is 0 Å². The van der Waals surface area contributed by atoms with E-state index >= 15 is 0 Å². The first-order chi connectivity index (χ1) is 22.3. The van der Waals surface area contributed by atoms with Crippen molar-refractivity contribution >= 4 is 21.5 Å². The summed E-state index contributed by atoms with van der Waals surface area (Å²) in [6.45, 7) is 4.42. The largest absolute Gasteiger partial charge is 0.492 e. The lowest BCUT2D eigenvalue weighted by Gasteiger charge is -2.36. The third-order valence-corrected chi connectivity index (χ3v) is 9.89. The molecule has 222 valence electrons. The van der Waals surface area contributed by atoms with Gasteiger partial charge in [-0.3, -0.25) is 0 Å². The van der Waals surface area contributed by atoms with Crippen LogP contribution in [-0.2, 0) is 14.9 Å². The molecule has 0 atom stereocenters. The van der Waals surface area contributed by atoms with Crippen LogP contribution in [-0.4, -0.2) is 39.6 Å². The van der Waals surface area contributed by atoms with Crippen LogP contribution in [0.3, 0.4) is 0 Å². The van der Waals surface area contributed by atoms with Gasteiger partial charge in [0.2, 0.25) is 0 Å². The van der Waals surface area contributed by atoms with Gasteiger partial charge in [-0.1, -0.05) is 109 Å². The maximum Gasteiger partial charge on any atom is 0.127 e. The number of ether oxygens (including phenoxy) is 4. The summed E-state index contributed by atoms with van der Waals surface area (Å²) in [5.74, 6) is 2.74. The number of hydrogen-bond acceptors (Lipinski definition) is 4. The summed E-state index contributed by atoms with van der Waals surface area (Å²) in [7, 11) is 0. The third kappa shape index (κ3) is 4.13. The Bertz CT molecular complexity index is 1910. The van der Waals surface area contributed by atoms with Crippen LogP contribution < -0.4 is 9.47 Å². The molecular formula is C41H34O4. The van der Waals surface area contributed by atoms with E-state index in [4.69, 9.17) is 18.9 Å². The van der Waals surface area contributed by atoms with Gasteiger partial charge in [-0.05, 0) is 56.3 Å². The van der Waals surface area contributed by atoms with Crippen molar-refractivity contribution in [1.29, 1.82) is 0 Å². The minimum absolute atomic E-state index is 0.451. The monoisotopic (exact) mass is 590 g/mol. The fourth-order valence-corrected chi connectivity index (χ4v) is 7.61. The summed E-state index contributed by atoms with van der Waals surface area (Å²) in [4.78, 5) is 0. The summed E-state index contributed by atoms with van der Waals surface area (Å²) >= 11 is 0. The molecule has 1 aliphatic carbocycles. The Morgan fingerprint density at radius 1 is 0.444 bits per heavy atom. The Hall–Kier alpha value is -4.64. The van der Waals surface area contributed by atoms with Crippen LogP contribution in [0.1, 0.15) is 22.3 Å². The predicted octanol–water partition coefficient (Wildman–Crippen LogP) is 8.41. The molecule has 45 heavy (non-hydrogen) atoms. The highest BCUT2D eigenvalue weighted by atomic mass is 16.5. The maximum atomic E-state index is 6.46. The number of hydrogen-bond donors (Lipinski definition) is 0. The minimum atomic E-state index is -0.562. The summed E-state index contributed by atoms with van der Waals surface area (Å²) in [5, 5.41) is 4.65. The van der Waals surface area contributed by atoms with Crippen molar-refractivity contribution in [2.24, 2.45) is 11.8 Å². The number of benzene rings is 6. The summed E-state index contributed by atoms with van der Waals surface area (Å²) in [5.41, 5.74) is 7.08. The molecule has 0 aromatic heterocycles. The first kappa shape index (κ1) is 26.7. The third-order valence-electron chi connectivity index (χ3n) is 9.89. The quantitative estimate of drug-likeness (QED) is 0.178. The number of rotatable bonds is 8. The summed E-state index contributed by atoms with van der Waals surface area (Å²) < 4.78 is 23.7. The molecule has 2 heterocycles. The molecule has 4 heteroatoms. The molecule has 0 spiro atoms. The van der Waals surface area contributed by atoms with E-state index in [1.165, 1.54) is 44.2 Å². The van der Waals surface area contributed by atoms with E-state index in [1.807, 2.05) is 0 Å². The van der Waals surface area contributed by atoms with Crippen LogP contribution in [0.4, 0.5) is 0 Å². The van der Waals surface area contributed by atoms with Gasteiger partial charge in [0.25, 0.3) is 0 Å². The molecule has 6 aromatic carbocycles. The SMILES string of the molecule is c1ccc2c(c1)-c1ccccc1C2(c1cccc2c(OCC3COC3)cccc12)c1cccc2c(OCC3COC3)cccc12. The van der Waals surface area contributed by atoms with Crippen LogP contribution in [0.25, 0.3) is 32.7 Å². The standard InChI is InChI=1S/C41H34O4/c1-3-15-35-29(9-1)30-10-2-4-16-36(30)41(35,37-17-5-13-33-31(37)11-7-19-39(33)44-25-27-21-42-22-27)38-18-6-14-34-32(38)12-8-20-40(34)45-26-28-23-43-24-28/h1-20,27-28H,21-26H2. The maximum absolute atomic E-state index is 6.46. The van der Waals surface area contributed by atoms with Gasteiger partial charge in [-0.2, -0.15) is 0 Å². The molecule has 4 nitrogen and oxygen atoms in total. The topological polar surface area (TPSA) is 36.9 Å². The van der Waals surface area contributed by atoms with Crippen molar-refractivity contribution in [3.05, 3.63) is 144 Å². The zero-order chi connectivity index (χ0) is 29.8. The smallest absolute Gasteiger partial charge is 0.127 e. The molecule has 3 aliphatic rings. The Morgan fingerprint density at radius 3 is 1.29 bits per heavy atom. The fraction of sp³-hybridized carbons (Fsp3) is 0.220. The average molecular weight is 591 g/mol.